The van der Waals surface area contributed by atoms with E-state index < -0.39 is 5.91 Å². The Morgan fingerprint density at radius 1 is 1.10 bits per heavy atom. The molecule has 114 valence electrons. The van der Waals surface area contributed by atoms with Crippen molar-refractivity contribution >= 4 is 17.4 Å². The van der Waals surface area contributed by atoms with E-state index in [1.165, 1.54) is 44.9 Å². The molecule has 21 heavy (non-hydrogen) atoms. The van der Waals surface area contributed by atoms with Crippen LogP contribution in [0.1, 0.15) is 55.4 Å². The van der Waals surface area contributed by atoms with E-state index in [2.05, 4.69) is 9.88 Å². The zero-order valence-electron chi connectivity index (χ0n) is 12.5. The lowest BCUT2D eigenvalue weighted by atomic mass is 9.68. The van der Waals surface area contributed by atoms with Gasteiger partial charge in [-0.15, -0.1) is 0 Å². The van der Waals surface area contributed by atoms with Crippen LogP contribution < -0.4 is 16.4 Å². The minimum absolute atomic E-state index is 0.289. The lowest BCUT2D eigenvalue weighted by molar-refractivity contribution is 0.0995. The minimum atomic E-state index is -0.503. The molecule has 2 aliphatic rings. The van der Waals surface area contributed by atoms with Gasteiger partial charge in [-0.2, -0.15) is 0 Å². The molecule has 5 nitrogen and oxygen atoms in total. The largest absolute Gasteiger partial charge is 0.396 e. The number of anilines is 2. The van der Waals surface area contributed by atoms with Gasteiger partial charge in [-0.1, -0.05) is 19.3 Å². The molecule has 1 aliphatic carbocycles. The number of nitrogens with two attached hydrogens (primary N) is 2. The number of rotatable bonds is 2. The van der Waals surface area contributed by atoms with Crippen molar-refractivity contribution in [1.82, 2.24) is 4.98 Å². The number of hydrogen-bond donors (Lipinski definition) is 2. The number of carbonyl (C=O) groups excluding carboxylic acids is 1. The molecule has 1 aromatic heterocycles. The highest BCUT2D eigenvalue weighted by Crippen LogP contribution is 2.45. The summed E-state index contributed by atoms with van der Waals surface area (Å²) in [6.07, 6.45) is 9.27. The van der Waals surface area contributed by atoms with Gasteiger partial charge in [-0.3, -0.25) is 4.79 Å². The molecule has 1 spiro atoms. The number of carbonyl (C=O) groups is 1. The number of pyridine rings is 1. The molecule has 0 unspecified atom stereocenters. The van der Waals surface area contributed by atoms with Gasteiger partial charge in [0.15, 0.2) is 5.82 Å². The van der Waals surface area contributed by atoms with Crippen LogP contribution in [0.3, 0.4) is 0 Å². The van der Waals surface area contributed by atoms with Crippen molar-refractivity contribution < 1.29 is 4.79 Å². The smallest absolute Gasteiger partial charge is 0.267 e. The van der Waals surface area contributed by atoms with Gasteiger partial charge >= 0.3 is 0 Å². The fourth-order valence-electron chi connectivity index (χ4n) is 3.84. The molecule has 0 atom stereocenters. The molecule has 1 amide bonds. The third-order valence-corrected chi connectivity index (χ3v) is 5.20. The van der Waals surface area contributed by atoms with Crippen LogP contribution in [0, 0.1) is 5.41 Å². The fraction of sp³-hybridized carbons (Fsp3) is 0.625. The van der Waals surface area contributed by atoms with Gasteiger partial charge in [0.1, 0.15) is 5.69 Å². The maximum Gasteiger partial charge on any atom is 0.267 e. The summed E-state index contributed by atoms with van der Waals surface area (Å²) in [5, 5.41) is 0. The van der Waals surface area contributed by atoms with Crippen LogP contribution in [0.4, 0.5) is 11.5 Å². The number of primary amides is 1. The van der Waals surface area contributed by atoms with Gasteiger partial charge in [0, 0.05) is 13.1 Å². The number of nitrogen functional groups attached to an aromatic ring is 1. The molecule has 3 rings (SSSR count). The van der Waals surface area contributed by atoms with E-state index in [9.17, 15) is 4.79 Å². The topological polar surface area (TPSA) is 85.2 Å². The molecule has 5 heteroatoms. The molecule has 1 saturated heterocycles. The second-order valence-electron chi connectivity index (χ2n) is 6.52. The second-order valence-corrected chi connectivity index (χ2v) is 6.52. The van der Waals surface area contributed by atoms with Crippen LogP contribution in [0.25, 0.3) is 0 Å². The lowest BCUT2D eigenvalue weighted by Gasteiger charge is -2.44. The van der Waals surface area contributed by atoms with E-state index in [1.54, 1.807) is 12.1 Å². The van der Waals surface area contributed by atoms with Crippen LogP contribution in [0.15, 0.2) is 12.1 Å². The first-order valence-electron chi connectivity index (χ1n) is 7.91. The number of hydrogen-bond acceptors (Lipinski definition) is 4. The quantitative estimate of drug-likeness (QED) is 0.874. The summed E-state index contributed by atoms with van der Waals surface area (Å²) >= 11 is 0. The standard InChI is InChI=1S/C16H24N4O/c17-12-4-5-13(14(18)21)19-15(12)20-10-8-16(9-11-20)6-2-1-3-7-16/h4-5H,1-3,6-11,17H2,(H2,18,21). The third kappa shape index (κ3) is 2.82. The zero-order valence-corrected chi connectivity index (χ0v) is 12.5. The first kappa shape index (κ1) is 14.2. The van der Waals surface area contributed by atoms with Gasteiger partial charge < -0.3 is 16.4 Å². The molecule has 4 N–H and O–H groups in total. The molecule has 0 radical (unpaired) electrons. The van der Waals surface area contributed by atoms with Gasteiger partial charge in [0.05, 0.1) is 5.69 Å². The third-order valence-electron chi connectivity index (χ3n) is 5.20. The first-order chi connectivity index (χ1) is 10.1. The molecular formula is C16H24N4O. The number of nitrogens with zero attached hydrogens (tertiary/aromatic N) is 2. The highest BCUT2D eigenvalue weighted by atomic mass is 16.1. The Morgan fingerprint density at radius 2 is 1.76 bits per heavy atom. The average molecular weight is 288 g/mol. The van der Waals surface area contributed by atoms with Gasteiger partial charge in [0.2, 0.25) is 0 Å². The number of amides is 1. The summed E-state index contributed by atoms with van der Waals surface area (Å²) < 4.78 is 0. The van der Waals surface area contributed by atoms with Crippen LogP contribution in [-0.4, -0.2) is 24.0 Å². The molecule has 0 bridgehead atoms. The molecule has 2 heterocycles. The summed E-state index contributed by atoms with van der Waals surface area (Å²) in [6, 6.07) is 3.32. The number of aromatic nitrogens is 1. The van der Waals surface area contributed by atoms with Crippen molar-refractivity contribution in [3.05, 3.63) is 17.8 Å². The van der Waals surface area contributed by atoms with Gasteiger partial charge in [0.25, 0.3) is 5.91 Å². The highest BCUT2D eigenvalue weighted by Gasteiger charge is 2.36. The minimum Gasteiger partial charge on any atom is -0.396 e. The van der Waals surface area contributed by atoms with Crippen molar-refractivity contribution in [2.75, 3.05) is 23.7 Å². The predicted octanol–water partition coefficient (Wildman–Crippen LogP) is 2.31. The summed E-state index contributed by atoms with van der Waals surface area (Å²) in [6.45, 7) is 1.94. The van der Waals surface area contributed by atoms with E-state index in [-0.39, 0.29) is 5.69 Å². The van der Waals surface area contributed by atoms with E-state index >= 15 is 0 Å². The lowest BCUT2D eigenvalue weighted by Crippen LogP contribution is -2.41. The fourth-order valence-corrected chi connectivity index (χ4v) is 3.84. The summed E-state index contributed by atoms with van der Waals surface area (Å²) in [4.78, 5) is 17.9. The van der Waals surface area contributed by atoms with Crippen molar-refractivity contribution in [2.24, 2.45) is 11.1 Å². The first-order valence-corrected chi connectivity index (χ1v) is 7.91. The Bertz CT molecular complexity index is 527. The highest BCUT2D eigenvalue weighted by molar-refractivity contribution is 5.91. The molecule has 1 saturated carbocycles. The SMILES string of the molecule is NC(=O)c1ccc(N)c(N2CCC3(CCCCC3)CC2)n1. The van der Waals surface area contributed by atoms with Crippen molar-refractivity contribution in [3.8, 4) is 0 Å². The van der Waals surface area contributed by atoms with Gasteiger partial charge in [-0.25, -0.2) is 4.98 Å². The Labute approximate surface area is 125 Å². The second kappa shape index (κ2) is 5.54. The monoisotopic (exact) mass is 288 g/mol. The van der Waals surface area contributed by atoms with E-state index in [1.807, 2.05) is 0 Å². The van der Waals surface area contributed by atoms with E-state index in [0.29, 0.717) is 11.1 Å². The van der Waals surface area contributed by atoms with Crippen LogP contribution in [0.5, 0.6) is 0 Å². The normalized spacial score (nSPS) is 21.4. The predicted molar refractivity (Wildman–Crippen MR) is 84.1 cm³/mol. The van der Waals surface area contributed by atoms with Crippen molar-refractivity contribution in [3.63, 3.8) is 0 Å². The zero-order chi connectivity index (χ0) is 14.9. The molecular weight excluding hydrogens is 264 g/mol. The Morgan fingerprint density at radius 3 is 2.38 bits per heavy atom. The summed E-state index contributed by atoms with van der Waals surface area (Å²) in [5.41, 5.74) is 12.8. The Kier molecular flexibility index (Phi) is 3.74. The van der Waals surface area contributed by atoms with Crippen LogP contribution >= 0.6 is 0 Å². The van der Waals surface area contributed by atoms with Gasteiger partial charge in [-0.05, 0) is 43.2 Å². The summed E-state index contributed by atoms with van der Waals surface area (Å²) in [7, 11) is 0. The van der Waals surface area contributed by atoms with Crippen LogP contribution in [0.2, 0.25) is 0 Å². The summed E-state index contributed by atoms with van der Waals surface area (Å²) in [5.74, 6) is 0.217. The maximum absolute atomic E-state index is 11.3. The Hall–Kier alpha value is -1.78. The maximum atomic E-state index is 11.3. The molecule has 1 aromatic rings. The molecule has 1 aliphatic heterocycles. The van der Waals surface area contributed by atoms with E-state index in [4.69, 9.17) is 11.5 Å². The molecule has 0 aromatic carbocycles. The van der Waals surface area contributed by atoms with Crippen LogP contribution in [-0.2, 0) is 0 Å². The number of piperidine rings is 1. The van der Waals surface area contributed by atoms with Crippen molar-refractivity contribution in [2.45, 2.75) is 44.9 Å². The van der Waals surface area contributed by atoms with E-state index in [0.717, 1.165) is 18.9 Å². The Balaban J connectivity index is 1.74. The molecule has 2 fully saturated rings. The average Bonchev–Trinajstić information content (AvgIpc) is 2.49. The van der Waals surface area contributed by atoms with Crippen molar-refractivity contribution in [1.29, 1.82) is 0 Å².